The van der Waals surface area contributed by atoms with Crippen LogP contribution in [-0.4, -0.2) is 13.2 Å². The molecule has 1 rings (SSSR count). The van der Waals surface area contributed by atoms with Gasteiger partial charge in [-0.1, -0.05) is 18.2 Å². The zero-order chi connectivity index (χ0) is 9.68. The third kappa shape index (κ3) is 3.65. The van der Waals surface area contributed by atoms with Gasteiger partial charge in [0.15, 0.2) is 0 Å². The van der Waals surface area contributed by atoms with Crippen molar-refractivity contribution in [3.05, 3.63) is 33.4 Å². The third-order valence-corrected chi connectivity index (χ3v) is 3.23. The van der Waals surface area contributed by atoms with Crippen LogP contribution in [0.3, 0.4) is 0 Å². The quantitative estimate of drug-likeness (QED) is 0.773. The predicted octanol–water partition coefficient (Wildman–Crippen LogP) is 3.26. The second-order valence-electron chi connectivity index (χ2n) is 3.18. The Morgan fingerprint density at radius 2 is 2.08 bits per heavy atom. The summed E-state index contributed by atoms with van der Waals surface area (Å²) in [4.78, 5) is 0. The van der Waals surface area contributed by atoms with Crippen LogP contribution in [0.2, 0.25) is 0 Å². The second-order valence-corrected chi connectivity index (χ2v) is 4.34. The smallest absolute Gasteiger partial charge is 0.0546 e. The Hall–Kier alpha value is -0.0900. The Morgan fingerprint density at radius 3 is 2.69 bits per heavy atom. The van der Waals surface area contributed by atoms with Crippen molar-refractivity contribution in [3.63, 3.8) is 0 Å². The van der Waals surface area contributed by atoms with Gasteiger partial charge in [-0.15, -0.1) is 0 Å². The van der Waals surface area contributed by atoms with Crippen LogP contribution >= 0.6 is 22.6 Å². The van der Waals surface area contributed by atoms with E-state index in [-0.39, 0.29) is 0 Å². The molecule has 0 spiro atoms. The highest BCUT2D eigenvalue weighted by Crippen LogP contribution is 2.14. The number of hydrogen-bond donors (Lipinski definition) is 0. The first-order chi connectivity index (χ1) is 6.24. The Bertz CT molecular complexity index is 260. The predicted molar refractivity (Wildman–Crippen MR) is 64.0 cm³/mol. The lowest BCUT2D eigenvalue weighted by molar-refractivity contribution is 0.111. The van der Waals surface area contributed by atoms with E-state index in [1.165, 1.54) is 9.13 Å². The van der Waals surface area contributed by atoms with Crippen molar-refractivity contribution in [2.75, 3.05) is 7.11 Å². The summed E-state index contributed by atoms with van der Waals surface area (Å²) in [5.74, 6) is 0. The second kappa shape index (κ2) is 5.60. The molecule has 0 heterocycles. The first-order valence-electron chi connectivity index (χ1n) is 4.50. The fourth-order valence-corrected chi connectivity index (χ4v) is 1.83. The normalized spacial score (nSPS) is 12.8. The average Bonchev–Trinajstić information content (AvgIpc) is 2.16. The van der Waals surface area contributed by atoms with Gasteiger partial charge in [0.05, 0.1) is 6.10 Å². The maximum atomic E-state index is 5.21. The Balaban J connectivity index is 2.50. The number of methoxy groups -OCH3 is 1. The summed E-state index contributed by atoms with van der Waals surface area (Å²) >= 11 is 2.38. The maximum Gasteiger partial charge on any atom is 0.0546 e. The lowest BCUT2D eigenvalue weighted by Crippen LogP contribution is -2.06. The van der Waals surface area contributed by atoms with Crippen LogP contribution in [0.25, 0.3) is 0 Å². The van der Waals surface area contributed by atoms with E-state index >= 15 is 0 Å². The van der Waals surface area contributed by atoms with Crippen LogP contribution in [0, 0.1) is 3.57 Å². The van der Waals surface area contributed by atoms with E-state index in [1.807, 2.05) is 0 Å². The van der Waals surface area contributed by atoms with Gasteiger partial charge in [-0.05, 0) is 54.0 Å². The fraction of sp³-hybridized carbons (Fsp3) is 0.455. The van der Waals surface area contributed by atoms with E-state index in [9.17, 15) is 0 Å². The molecule has 0 fully saturated rings. The number of halogens is 1. The highest BCUT2D eigenvalue weighted by molar-refractivity contribution is 14.1. The zero-order valence-electron chi connectivity index (χ0n) is 8.09. The molecule has 72 valence electrons. The van der Waals surface area contributed by atoms with Gasteiger partial charge in [0.25, 0.3) is 0 Å². The first kappa shape index (κ1) is 11.0. The van der Waals surface area contributed by atoms with Crippen molar-refractivity contribution in [3.8, 4) is 0 Å². The zero-order valence-corrected chi connectivity index (χ0v) is 10.2. The Labute approximate surface area is 93.6 Å². The van der Waals surface area contributed by atoms with Gasteiger partial charge >= 0.3 is 0 Å². The minimum absolute atomic E-state index is 0.357. The molecule has 2 heteroatoms. The molecule has 0 saturated heterocycles. The summed E-state index contributed by atoms with van der Waals surface area (Å²) in [6.07, 6.45) is 2.56. The number of hydrogen-bond acceptors (Lipinski definition) is 1. The molecule has 0 aliphatic rings. The minimum Gasteiger partial charge on any atom is -0.382 e. The van der Waals surface area contributed by atoms with E-state index in [2.05, 4.69) is 53.8 Å². The van der Waals surface area contributed by atoms with Crippen molar-refractivity contribution in [2.45, 2.75) is 25.9 Å². The molecule has 0 N–H and O–H groups in total. The molecule has 1 nitrogen and oxygen atoms in total. The highest BCUT2D eigenvalue weighted by Gasteiger charge is 2.02. The summed E-state index contributed by atoms with van der Waals surface area (Å²) in [5, 5.41) is 0. The lowest BCUT2D eigenvalue weighted by atomic mass is 10.1. The van der Waals surface area contributed by atoms with Crippen LogP contribution in [-0.2, 0) is 11.2 Å². The van der Waals surface area contributed by atoms with Gasteiger partial charge < -0.3 is 4.74 Å². The van der Waals surface area contributed by atoms with Crippen molar-refractivity contribution in [1.82, 2.24) is 0 Å². The van der Waals surface area contributed by atoms with Crippen LogP contribution in [0.5, 0.6) is 0 Å². The SMILES string of the molecule is COC(C)CCc1ccccc1I. The van der Waals surface area contributed by atoms with Crippen LogP contribution in [0.15, 0.2) is 24.3 Å². The van der Waals surface area contributed by atoms with Gasteiger partial charge in [-0.2, -0.15) is 0 Å². The van der Waals surface area contributed by atoms with E-state index in [4.69, 9.17) is 4.74 Å². The molecular weight excluding hydrogens is 275 g/mol. The molecular formula is C11H15IO. The molecule has 0 bridgehead atoms. The molecule has 0 aliphatic carbocycles. The highest BCUT2D eigenvalue weighted by atomic mass is 127. The molecule has 1 atom stereocenters. The Kier molecular flexibility index (Phi) is 4.73. The van der Waals surface area contributed by atoms with Crippen molar-refractivity contribution >= 4 is 22.6 Å². The third-order valence-electron chi connectivity index (χ3n) is 2.18. The summed E-state index contributed by atoms with van der Waals surface area (Å²) < 4.78 is 6.56. The number of rotatable bonds is 4. The van der Waals surface area contributed by atoms with Gasteiger partial charge in [0, 0.05) is 10.7 Å². The van der Waals surface area contributed by atoms with E-state index in [1.54, 1.807) is 7.11 Å². The van der Waals surface area contributed by atoms with E-state index in [0.717, 1.165) is 12.8 Å². The van der Waals surface area contributed by atoms with E-state index < -0.39 is 0 Å². The minimum atomic E-state index is 0.357. The molecule has 1 unspecified atom stereocenters. The molecule has 0 radical (unpaired) electrons. The summed E-state index contributed by atoms with van der Waals surface area (Å²) in [6.45, 7) is 2.11. The standard InChI is InChI=1S/C11H15IO/c1-9(13-2)7-8-10-5-3-4-6-11(10)12/h3-6,9H,7-8H2,1-2H3. The molecule has 0 aliphatic heterocycles. The molecule has 0 aromatic heterocycles. The number of benzene rings is 1. The molecule has 1 aromatic rings. The molecule has 0 saturated carbocycles. The van der Waals surface area contributed by atoms with Crippen molar-refractivity contribution in [2.24, 2.45) is 0 Å². The lowest BCUT2D eigenvalue weighted by Gasteiger charge is -2.09. The topological polar surface area (TPSA) is 9.23 Å². The molecule has 1 aromatic carbocycles. The largest absolute Gasteiger partial charge is 0.382 e. The van der Waals surface area contributed by atoms with Gasteiger partial charge in [0.1, 0.15) is 0 Å². The van der Waals surface area contributed by atoms with Gasteiger partial charge in [0.2, 0.25) is 0 Å². The average molecular weight is 290 g/mol. The van der Waals surface area contributed by atoms with Crippen LogP contribution < -0.4 is 0 Å². The van der Waals surface area contributed by atoms with Crippen molar-refractivity contribution < 1.29 is 4.74 Å². The first-order valence-corrected chi connectivity index (χ1v) is 5.58. The van der Waals surface area contributed by atoms with Crippen LogP contribution in [0.4, 0.5) is 0 Å². The number of aryl methyl sites for hydroxylation is 1. The summed E-state index contributed by atoms with van der Waals surface area (Å²) in [6, 6.07) is 8.50. The monoisotopic (exact) mass is 290 g/mol. The van der Waals surface area contributed by atoms with Gasteiger partial charge in [-0.25, -0.2) is 0 Å². The molecule has 0 amide bonds. The summed E-state index contributed by atoms with van der Waals surface area (Å²) in [7, 11) is 1.76. The summed E-state index contributed by atoms with van der Waals surface area (Å²) in [5.41, 5.74) is 1.42. The van der Waals surface area contributed by atoms with Crippen LogP contribution in [0.1, 0.15) is 18.9 Å². The van der Waals surface area contributed by atoms with E-state index in [0.29, 0.717) is 6.10 Å². The van der Waals surface area contributed by atoms with Crippen molar-refractivity contribution in [1.29, 1.82) is 0 Å². The fourth-order valence-electron chi connectivity index (χ4n) is 1.18. The van der Waals surface area contributed by atoms with Gasteiger partial charge in [-0.3, -0.25) is 0 Å². The maximum absolute atomic E-state index is 5.21. The molecule has 13 heavy (non-hydrogen) atoms. The number of ether oxygens (including phenoxy) is 1. The Morgan fingerprint density at radius 1 is 1.38 bits per heavy atom.